The molecule has 7 heteroatoms. The lowest BCUT2D eigenvalue weighted by Gasteiger charge is -2.19. The van der Waals surface area contributed by atoms with Crippen molar-refractivity contribution in [2.24, 2.45) is 0 Å². The maximum absolute atomic E-state index is 11.4. The molecule has 0 fully saturated rings. The zero-order valence-electron chi connectivity index (χ0n) is 12.0. The normalized spacial score (nSPS) is 11.0. The quantitative estimate of drug-likeness (QED) is 0.653. The number of hydrogen-bond acceptors (Lipinski definition) is 5. The molecule has 0 spiro atoms. The summed E-state index contributed by atoms with van der Waals surface area (Å²) in [6.45, 7) is 7.22. The molecule has 0 bridgehead atoms. The van der Waals surface area contributed by atoms with Crippen LogP contribution < -0.4 is 10.9 Å². The molecule has 110 valence electrons. The Balaban J connectivity index is 2.53. The van der Waals surface area contributed by atoms with Crippen LogP contribution in [0.1, 0.15) is 31.9 Å². The SMILES string of the molecule is Cc1ccc(CNNC(=O)OC(C)(C)C)cc1[N+](=O)[O-]. The number of hydrogen-bond donors (Lipinski definition) is 2. The Morgan fingerprint density at radius 1 is 1.40 bits per heavy atom. The number of nitrogens with one attached hydrogen (secondary N) is 2. The first kappa shape index (κ1) is 15.9. The molecule has 0 aromatic heterocycles. The summed E-state index contributed by atoms with van der Waals surface area (Å²) in [5.74, 6) is 0. The van der Waals surface area contributed by atoms with Gasteiger partial charge in [-0.25, -0.2) is 10.2 Å². The summed E-state index contributed by atoms with van der Waals surface area (Å²) >= 11 is 0. The van der Waals surface area contributed by atoms with Gasteiger partial charge in [-0.05, 0) is 33.3 Å². The van der Waals surface area contributed by atoms with E-state index in [2.05, 4.69) is 10.9 Å². The summed E-state index contributed by atoms with van der Waals surface area (Å²) < 4.78 is 5.04. The molecule has 0 unspecified atom stereocenters. The van der Waals surface area contributed by atoms with Crippen molar-refractivity contribution < 1.29 is 14.5 Å². The minimum atomic E-state index is -0.598. The van der Waals surface area contributed by atoms with E-state index < -0.39 is 16.6 Å². The highest BCUT2D eigenvalue weighted by Gasteiger charge is 2.16. The van der Waals surface area contributed by atoms with Crippen molar-refractivity contribution in [3.63, 3.8) is 0 Å². The summed E-state index contributed by atoms with van der Waals surface area (Å²) in [4.78, 5) is 21.8. The van der Waals surface area contributed by atoms with Crippen molar-refractivity contribution in [3.05, 3.63) is 39.4 Å². The van der Waals surface area contributed by atoms with Gasteiger partial charge in [0, 0.05) is 18.2 Å². The number of benzene rings is 1. The van der Waals surface area contributed by atoms with Crippen LogP contribution in [-0.4, -0.2) is 16.6 Å². The molecule has 0 aliphatic rings. The molecule has 0 heterocycles. The number of nitro groups is 1. The lowest BCUT2D eigenvalue weighted by atomic mass is 10.1. The summed E-state index contributed by atoms with van der Waals surface area (Å²) in [5, 5.41) is 10.8. The Hall–Kier alpha value is -2.15. The highest BCUT2D eigenvalue weighted by Crippen LogP contribution is 2.18. The second kappa shape index (κ2) is 6.33. The molecule has 0 saturated heterocycles. The summed E-state index contributed by atoms with van der Waals surface area (Å²) in [6.07, 6.45) is -0.598. The molecule has 0 radical (unpaired) electrons. The van der Waals surface area contributed by atoms with Gasteiger partial charge in [-0.2, -0.15) is 0 Å². The average molecular weight is 281 g/mol. The van der Waals surface area contributed by atoms with Crippen LogP contribution in [0.2, 0.25) is 0 Å². The zero-order valence-corrected chi connectivity index (χ0v) is 12.0. The molecule has 0 saturated carbocycles. The molecule has 1 aromatic carbocycles. The van der Waals surface area contributed by atoms with Crippen molar-refractivity contribution in [1.29, 1.82) is 0 Å². The Labute approximate surface area is 117 Å². The summed E-state index contributed by atoms with van der Waals surface area (Å²) in [6, 6.07) is 4.90. The number of nitrogens with zero attached hydrogens (tertiary/aromatic N) is 1. The van der Waals surface area contributed by atoms with Gasteiger partial charge in [0.2, 0.25) is 0 Å². The van der Waals surface area contributed by atoms with E-state index in [1.165, 1.54) is 6.07 Å². The topological polar surface area (TPSA) is 93.5 Å². The van der Waals surface area contributed by atoms with E-state index in [9.17, 15) is 14.9 Å². The largest absolute Gasteiger partial charge is 0.443 e. The fourth-order valence-corrected chi connectivity index (χ4v) is 1.48. The van der Waals surface area contributed by atoms with Crippen LogP contribution in [0.3, 0.4) is 0 Å². The fraction of sp³-hybridized carbons (Fsp3) is 0.462. The third-order valence-electron chi connectivity index (χ3n) is 2.35. The van der Waals surface area contributed by atoms with E-state index >= 15 is 0 Å². The first-order chi connectivity index (χ1) is 9.19. The van der Waals surface area contributed by atoms with E-state index in [-0.39, 0.29) is 12.2 Å². The highest BCUT2D eigenvalue weighted by molar-refractivity contribution is 5.66. The van der Waals surface area contributed by atoms with E-state index in [0.29, 0.717) is 11.1 Å². The van der Waals surface area contributed by atoms with Gasteiger partial charge < -0.3 is 4.74 Å². The van der Waals surface area contributed by atoms with Gasteiger partial charge in [-0.1, -0.05) is 12.1 Å². The van der Waals surface area contributed by atoms with Gasteiger partial charge in [0.05, 0.1) is 4.92 Å². The van der Waals surface area contributed by atoms with Gasteiger partial charge in [-0.15, -0.1) is 0 Å². The molecule has 7 nitrogen and oxygen atoms in total. The fourth-order valence-electron chi connectivity index (χ4n) is 1.48. The van der Waals surface area contributed by atoms with E-state index in [1.54, 1.807) is 39.8 Å². The molecule has 2 N–H and O–H groups in total. The Morgan fingerprint density at radius 3 is 2.60 bits per heavy atom. The number of carbonyl (C=O) groups is 1. The second-order valence-corrected chi connectivity index (χ2v) is 5.36. The third-order valence-corrected chi connectivity index (χ3v) is 2.35. The number of carbonyl (C=O) groups excluding carboxylic acids is 1. The number of aryl methyl sites for hydroxylation is 1. The zero-order chi connectivity index (χ0) is 15.3. The maximum atomic E-state index is 11.4. The molecular formula is C13H19N3O4. The molecule has 1 rings (SSSR count). The summed E-state index contributed by atoms with van der Waals surface area (Å²) in [7, 11) is 0. The monoisotopic (exact) mass is 281 g/mol. The van der Waals surface area contributed by atoms with Crippen LogP contribution >= 0.6 is 0 Å². The number of rotatable bonds is 4. The van der Waals surface area contributed by atoms with Crippen molar-refractivity contribution in [3.8, 4) is 0 Å². The smallest absolute Gasteiger partial charge is 0.422 e. The number of amides is 1. The van der Waals surface area contributed by atoms with Crippen LogP contribution in [0.25, 0.3) is 0 Å². The second-order valence-electron chi connectivity index (χ2n) is 5.36. The highest BCUT2D eigenvalue weighted by atomic mass is 16.6. The number of nitro benzene ring substituents is 1. The molecule has 0 aliphatic carbocycles. The molecule has 0 atom stereocenters. The van der Waals surface area contributed by atoms with Crippen LogP contribution in [0, 0.1) is 17.0 Å². The minimum Gasteiger partial charge on any atom is -0.443 e. The van der Waals surface area contributed by atoms with Crippen LogP contribution in [0.4, 0.5) is 10.5 Å². The Morgan fingerprint density at radius 2 is 2.05 bits per heavy atom. The molecule has 0 aliphatic heterocycles. The molecule has 1 amide bonds. The van der Waals surface area contributed by atoms with Gasteiger partial charge in [0.1, 0.15) is 5.60 Å². The molecular weight excluding hydrogens is 262 g/mol. The Bertz CT molecular complexity index is 509. The maximum Gasteiger partial charge on any atom is 0.422 e. The molecule has 20 heavy (non-hydrogen) atoms. The van der Waals surface area contributed by atoms with Crippen LogP contribution in [0.15, 0.2) is 18.2 Å². The van der Waals surface area contributed by atoms with Gasteiger partial charge in [-0.3, -0.25) is 15.5 Å². The van der Waals surface area contributed by atoms with Crippen molar-refractivity contribution in [2.75, 3.05) is 0 Å². The van der Waals surface area contributed by atoms with E-state index in [4.69, 9.17) is 4.74 Å². The number of hydrazine groups is 1. The minimum absolute atomic E-state index is 0.0570. The average Bonchev–Trinajstić information content (AvgIpc) is 2.28. The van der Waals surface area contributed by atoms with E-state index in [0.717, 1.165) is 0 Å². The van der Waals surface area contributed by atoms with Crippen LogP contribution in [-0.2, 0) is 11.3 Å². The lowest BCUT2D eigenvalue weighted by Crippen LogP contribution is -2.40. The first-order valence-electron chi connectivity index (χ1n) is 6.15. The predicted molar refractivity (Wildman–Crippen MR) is 74.0 cm³/mol. The van der Waals surface area contributed by atoms with E-state index in [1.807, 2.05) is 0 Å². The lowest BCUT2D eigenvalue weighted by molar-refractivity contribution is -0.385. The van der Waals surface area contributed by atoms with Gasteiger partial charge >= 0.3 is 6.09 Å². The first-order valence-corrected chi connectivity index (χ1v) is 6.15. The number of ether oxygens (including phenoxy) is 1. The molecule has 1 aromatic rings. The van der Waals surface area contributed by atoms with Crippen molar-refractivity contribution in [1.82, 2.24) is 10.9 Å². The summed E-state index contributed by atoms with van der Waals surface area (Å²) in [5.41, 5.74) is 5.80. The van der Waals surface area contributed by atoms with Crippen molar-refractivity contribution >= 4 is 11.8 Å². The Kier molecular flexibility index (Phi) is 5.04. The van der Waals surface area contributed by atoms with Crippen LogP contribution in [0.5, 0.6) is 0 Å². The van der Waals surface area contributed by atoms with Gasteiger partial charge in [0.25, 0.3) is 5.69 Å². The predicted octanol–water partition coefficient (Wildman–Crippen LogP) is 2.43. The standard InChI is InChI=1S/C13H19N3O4/c1-9-5-6-10(7-11(9)16(18)19)8-14-15-12(17)20-13(2,3)4/h5-7,14H,8H2,1-4H3,(H,15,17). The van der Waals surface area contributed by atoms with Crippen molar-refractivity contribution in [2.45, 2.75) is 39.8 Å². The van der Waals surface area contributed by atoms with Gasteiger partial charge in [0.15, 0.2) is 0 Å². The third kappa shape index (κ3) is 5.23.